The molecule has 3 rings (SSSR count). The van der Waals surface area contributed by atoms with E-state index in [9.17, 15) is 4.79 Å². The van der Waals surface area contributed by atoms with Crippen molar-refractivity contribution in [3.05, 3.63) is 83.9 Å². The van der Waals surface area contributed by atoms with Gasteiger partial charge in [0.15, 0.2) is 6.10 Å². The summed E-state index contributed by atoms with van der Waals surface area (Å²) in [6, 6.07) is 24.0. The van der Waals surface area contributed by atoms with Crippen LogP contribution in [-0.4, -0.2) is 5.97 Å². The van der Waals surface area contributed by atoms with Crippen molar-refractivity contribution in [3.63, 3.8) is 0 Å². The fraction of sp³-hybridized carbons (Fsp3) is 0.105. The van der Waals surface area contributed by atoms with Gasteiger partial charge in [-0.2, -0.15) is 0 Å². The standard InChI is InChI=1S/C19H16O2/c1-14(20)21-19(16-9-3-2-4-10-16)18-13-7-11-15-8-5-6-12-17(15)18/h2-13,19H,1H3. The van der Waals surface area contributed by atoms with Crippen LogP contribution in [0, 0.1) is 0 Å². The van der Waals surface area contributed by atoms with Crippen molar-refractivity contribution < 1.29 is 9.53 Å². The molecule has 21 heavy (non-hydrogen) atoms. The summed E-state index contributed by atoms with van der Waals surface area (Å²) in [5, 5.41) is 2.25. The molecule has 0 radical (unpaired) electrons. The number of hydrogen-bond donors (Lipinski definition) is 0. The first-order valence-electron chi connectivity index (χ1n) is 6.95. The van der Waals surface area contributed by atoms with Gasteiger partial charge in [0.2, 0.25) is 0 Å². The molecule has 0 saturated carbocycles. The fourth-order valence-corrected chi connectivity index (χ4v) is 2.58. The molecular formula is C19H16O2. The zero-order chi connectivity index (χ0) is 14.7. The molecule has 0 aliphatic rings. The third-order valence-electron chi connectivity index (χ3n) is 3.49. The number of esters is 1. The second-order valence-electron chi connectivity index (χ2n) is 4.97. The Bertz CT molecular complexity index is 757. The maximum absolute atomic E-state index is 11.5. The Morgan fingerprint density at radius 3 is 2.29 bits per heavy atom. The normalized spacial score (nSPS) is 12.0. The van der Waals surface area contributed by atoms with E-state index in [1.54, 1.807) is 0 Å². The van der Waals surface area contributed by atoms with E-state index in [2.05, 4.69) is 18.2 Å². The van der Waals surface area contributed by atoms with E-state index < -0.39 is 0 Å². The molecule has 2 heteroatoms. The van der Waals surface area contributed by atoms with Crippen molar-refractivity contribution in [2.45, 2.75) is 13.0 Å². The minimum atomic E-state index is -0.380. The van der Waals surface area contributed by atoms with E-state index in [0.717, 1.165) is 21.9 Å². The van der Waals surface area contributed by atoms with Gasteiger partial charge in [0, 0.05) is 12.5 Å². The lowest BCUT2D eigenvalue weighted by Crippen LogP contribution is -2.10. The van der Waals surface area contributed by atoms with Gasteiger partial charge in [0.1, 0.15) is 0 Å². The molecule has 0 aliphatic carbocycles. The van der Waals surface area contributed by atoms with Crippen LogP contribution in [-0.2, 0) is 9.53 Å². The Balaban J connectivity index is 2.17. The van der Waals surface area contributed by atoms with Crippen LogP contribution in [0.15, 0.2) is 72.8 Å². The third-order valence-corrected chi connectivity index (χ3v) is 3.49. The van der Waals surface area contributed by atoms with E-state index in [0.29, 0.717) is 0 Å². The molecule has 1 unspecified atom stereocenters. The van der Waals surface area contributed by atoms with Crippen LogP contribution in [0.1, 0.15) is 24.2 Å². The van der Waals surface area contributed by atoms with Gasteiger partial charge in [-0.15, -0.1) is 0 Å². The summed E-state index contributed by atoms with van der Waals surface area (Å²) >= 11 is 0. The van der Waals surface area contributed by atoms with Gasteiger partial charge in [-0.3, -0.25) is 4.79 Å². The second-order valence-corrected chi connectivity index (χ2v) is 4.97. The smallest absolute Gasteiger partial charge is 0.303 e. The Hall–Kier alpha value is -2.61. The molecule has 3 aromatic carbocycles. The van der Waals surface area contributed by atoms with Crippen LogP contribution in [0.25, 0.3) is 10.8 Å². The molecule has 0 amide bonds. The van der Waals surface area contributed by atoms with Gasteiger partial charge in [0.05, 0.1) is 0 Å². The van der Waals surface area contributed by atoms with Crippen molar-refractivity contribution >= 4 is 16.7 Å². The van der Waals surface area contributed by atoms with E-state index in [-0.39, 0.29) is 12.1 Å². The zero-order valence-corrected chi connectivity index (χ0v) is 11.8. The van der Waals surface area contributed by atoms with E-state index in [1.165, 1.54) is 6.92 Å². The highest BCUT2D eigenvalue weighted by Gasteiger charge is 2.19. The van der Waals surface area contributed by atoms with Crippen LogP contribution in [0.3, 0.4) is 0 Å². The molecule has 0 aliphatic heterocycles. The molecule has 0 bridgehead atoms. The van der Waals surface area contributed by atoms with Crippen molar-refractivity contribution in [1.29, 1.82) is 0 Å². The SMILES string of the molecule is CC(=O)OC(c1ccccc1)c1cccc2ccccc12. The largest absolute Gasteiger partial charge is 0.453 e. The maximum atomic E-state index is 11.5. The monoisotopic (exact) mass is 276 g/mol. The Morgan fingerprint density at radius 1 is 0.857 bits per heavy atom. The number of carbonyl (C=O) groups is 1. The van der Waals surface area contributed by atoms with Gasteiger partial charge < -0.3 is 4.74 Å². The minimum Gasteiger partial charge on any atom is -0.453 e. The molecule has 0 spiro atoms. The molecule has 0 fully saturated rings. The van der Waals surface area contributed by atoms with E-state index >= 15 is 0 Å². The lowest BCUT2D eigenvalue weighted by atomic mass is 9.96. The minimum absolute atomic E-state index is 0.281. The number of ether oxygens (including phenoxy) is 1. The predicted octanol–water partition coefficient (Wildman–Crippen LogP) is 4.49. The summed E-state index contributed by atoms with van der Waals surface area (Å²) in [7, 11) is 0. The highest BCUT2D eigenvalue weighted by molar-refractivity contribution is 5.86. The molecule has 3 aromatic rings. The van der Waals surface area contributed by atoms with Crippen LogP contribution in [0.2, 0.25) is 0 Å². The molecule has 0 heterocycles. The lowest BCUT2D eigenvalue weighted by molar-refractivity contribution is -0.144. The molecule has 2 nitrogen and oxygen atoms in total. The first-order valence-corrected chi connectivity index (χ1v) is 6.95. The van der Waals surface area contributed by atoms with Gasteiger partial charge in [0.25, 0.3) is 0 Å². The average molecular weight is 276 g/mol. The number of rotatable bonds is 3. The van der Waals surface area contributed by atoms with Crippen molar-refractivity contribution in [2.24, 2.45) is 0 Å². The van der Waals surface area contributed by atoms with Crippen LogP contribution < -0.4 is 0 Å². The van der Waals surface area contributed by atoms with Gasteiger partial charge in [-0.1, -0.05) is 72.8 Å². The summed E-state index contributed by atoms with van der Waals surface area (Å²) in [6.07, 6.45) is -0.380. The summed E-state index contributed by atoms with van der Waals surface area (Å²) < 4.78 is 5.59. The average Bonchev–Trinajstić information content (AvgIpc) is 2.53. The Morgan fingerprint density at radius 2 is 1.52 bits per heavy atom. The molecule has 0 saturated heterocycles. The Labute approximate surface area is 124 Å². The van der Waals surface area contributed by atoms with Crippen LogP contribution in [0.4, 0.5) is 0 Å². The summed E-state index contributed by atoms with van der Waals surface area (Å²) in [6.45, 7) is 1.45. The van der Waals surface area contributed by atoms with Crippen LogP contribution in [0.5, 0.6) is 0 Å². The first-order chi connectivity index (χ1) is 10.3. The van der Waals surface area contributed by atoms with Gasteiger partial charge in [-0.05, 0) is 16.3 Å². The number of benzene rings is 3. The van der Waals surface area contributed by atoms with E-state index in [4.69, 9.17) is 4.74 Å². The summed E-state index contributed by atoms with van der Waals surface area (Å²) in [5.41, 5.74) is 1.98. The quantitative estimate of drug-likeness (QED) is 0.659. The number of carbonyl (C=O) groups excluding carboxylic acids is 1. The van der Waals surface area contributed by atoms with Crippen molar-refractivity contribution in [2.75, 3.05) is 0 Å². The summed E-state index contributed by atoms with van der Waals surface area (Å²) in [5.74, 6) is -0.281. The molecule has 104 valence electrons. The highest BCUT2D eigenvalue weighted by Crippen LogP contribution is 2.31. The Kier molecular flexibility index (Phi) is 3.69. The second kappa shape index (κ2) is 5.80. The number of fused-ring (bicyclic) bond motifs is 1. The predicted molar refractivity (Wildman–Crippen MR) is 84.0 cm³/mol. The maximum Gasteiger partial charge on any atom is 0.303 e. The van der Waals surface area contributed by atoms with Crippen molar-refractivity contribution in [3.8, 4) is 0 Å². The van der Waals surface area contributed by atoms with E-state index in [1.807, 2.05) is 54.6 Å². The van der Waals surface area contributed by atoms with Crippen molar-refractivity contribution in [1.82, 2.24) is 0 Å². The lowest BCUT2D eigenvalue weighted by Gasteiger charge is -2.19. The molecule has 0 N–H and O–H groups in total. The molecule has 0 aromatic heterocycles. The summed E-state index contributed by atoms with van der Waals surface area (Å²) in [4.78, 5) is 11.5. The molecule has 1 atom stereocenters. The topological polar surface area (TPSA) is 26.3 Å². The van der Waals surface area contributed by atoms with Gasteiger partial charge in [-0.25, -0.2) is 0 Å². The van der Waals surface area contributed by atoms with Gasteiger partial charge >= 0.3 is 5.97 Å². The fourth-order valence-electron chi connectivity index (χ4n) is 2.58. The molecular weight excluding hydrogens is 260 g/mol. The first kappa shape index (κ1) is 13.4. The third kappa shape index (κ3) is 2.79. The number of hydrogen-bond acceptors (Lipinski definition) is 2. The zero-order valence-electron chi connectivity index (χ0n) is 11.8. The highest BCUT2D eigenvalue weighted by atomic mass is 16.5. The van der Waals surface area contributed by atoms with Crippen LogP contribution >= 0.6 is 0 Å².